The first-order chi connectivity index (χ1) is 24.8. The van der Waals surface area contributed by atoms with Gasteiger partial charge in [0.1, 0.15) is 6.10 Å². The Morgan fingerprint density at radius 1 is 0.980 bits per heavy atom. The van der Waals surface area contributed by atoms with Gasteiger partial charge in [0.2, 0.25) is 0 Å². The first kappa shape index (κ1) is 29.9. The number of hydrogen-bond donors (Lipinski definition) is 2. The van der Waals surface area contributed by atoms with Crippen LogP contribution in [0.4, 0.5) is 11.4 Å². The van der Waals surface area contributed by atoms with Crippen molar-refractivity contribution in [1.82, 2.24) is 9.80 Å². The van der Waals surface area contributed by atoms with E-state index in [2.05, 4.69) is 82.0 Å². The summed E-state index contributed by atoms with van der Waals surface area (Å²) >= 11 is 0. The third kappa shape index (κ3) is 3.03. The van der Waals surface area contributed by atoms with E-state index in [1.54, 1.807) is 7.11 Å². The summed E-state index contributed by atoms with van der Waals surface area (Å²) in [5.41, 5.74) is 7.14. The number of piperidine rings is 1. The van der Waals surface area contributed by atoms with E-state index in [1.807, 2.05) is 0 Å². The first-order valence-electron chi connectivity index (χ1n) is 19.3. The molecular weight excluding hydrogens is 640 g/mol. The van der Waals surface area contributed by atoms with Crippen LogP contribution in [0.2, 0.25) is 0 Å². The Morgan fingerprint density at radius 3 is 2.71 bits per heavy atom. The molecule has 7 aliphatic heterocycles. The second-order valence-corrected chi connectivity index (χ2v) is 17.5. The minimum absolute atomic E-state index is 0.0166. The van der Waals surface area contributed by atoms with Crippen molar-refractivity contribution in [2.45, 2.75) is 98.6 Å². The maximum atomic E-state index is 13.7. The van der Waals surface area contributed by atoms with Crippen molar-refractivity contribution in [3.8, 4) is 0 Å². The fourth-order valence-corrected chi connectivity index (χ4v) is 15.0. The summed E-state index contributed by atoms with van der Waals surface area (Å²) in [4.78, 5) is 32.8. The molecule has 3 saturated carbocycles. The molecule has 0 radical (unpaired) electrons. The number of fused-ring (bicyclic) bond motifs is 6. The molecule has 9 nitrogen and oxygen atoms in total. The van der Waals surface area contributed by atoms with Gasteiger partial charge in [-0.2, -0.15) is 0 Å². The van der Waals surface area contributed by atoms with E-state index in [4.69, 9.17) is 14.2 Å². The molecule has 13 rings (SSSR count). The predicted molar refractivity (Wildman–Crippen MR) is 190 cm³/mol. The number of para-hydroxylation sites is 1. The van der Waals surface area contributed by atoms with Gasteiger partial charge >= 0.3 is 11.9 Å². The summed E-state index contributed by atoms with van der Waals surface area (Å²) < 4.78 is 18.0. The molecule has 0 unspecified atom stereocenters. The highest BCUT2D eigenvalue weighted by molar-refractivity contribution is 5.93. The van der Waals surface area contributed by atoms with Crippen LogP contribution in [-0.4, -0.2) is 85.4 Å². The van der Waals surface area contributed by atoms with Crippen molar-refractivity contribution in [1.29, 1.82) is 0 Å². The third-order valence-corrected chi connectivity index (χ3v) is 16.5. The summed E-state index contributed by atoms with van der Waals surface area (Å²) in [5, 5.41) is 7.88. The molecule has 4 saturated heterocycles. The molecule has 0 aromatic heterocycles. The van der Waals surface area contributed by atoms with Gasteiger partial charge in [-0.05, 0) is 80.3 Å². The van der Waals surface area contributed by atoms with Crippen LogP contribution < -0.4 is 10.6 Å². The molecule has 2 aromatic carbocycles. The lowest BCUT2D eigenvalue weighted by Crippen LogP contribution is -2.76. The Morgan fingerprint density at radius 2 is 1.86 bits per heavy atom. The van der Waals surface area contributed by atoms with Crippen LogP contribution in [0, 0.1) is 16.7 Å². The molecule has 264 valence electrons. The first-order valence-corrected chi connectivity index (χ1v) is 19.3. The van der Waals surface area contributed by atoms with E-state index in [-0.39, 0.29) is 69.3 Å². The van der Waals surface area contributed by atoms with Crippen LogP contribution in [0.25, 0.3) is 0 Å². The van der Waals surface area contributed by atoms with Crippen LogP contribution in [0.3, 0.4) is 0 Å². The van der Waals surface area contributed by atoms with Gasteiger partial charge in [-0.15, -0.1) is 0 Å². The summed E-state index contributed by atoms with van der Waals surface area (Å²) in [6.45, 7) is 5.26. The lowest BCUT2D eigenvalue weighted by atomic mass is 9.39. The Kier molecular flexibility index (Phi) is 5.43. The molecule has 11 aliphatic rings. The molecule has 2 aromatic rings. The average Bonchev–Trinajstić information content (AvgIpc) is 3.43. The van der Waals surface area contributed by atoms with Gasteiger partial charge in [-0.1, -0.05) is 49.4 Å². The van der Waals surface area contributed by atoms with E-state index in [9.17, 15) is 9.59 Å². The fourth-order valence-electron chi connectivity index (χ4n) is 15.0. The van der Waals surface area contributed by atoms with Crippen LogP contribution in [-0.2, 0) is 34.6 Å². The second kappa shape index (κ2) is 9.28. The zero-order chi connectivity index (χ0) is 34.3. The Labute approximate surface area is 298 Å². The number of carbonyl (C=O) groups excluding carboxylic acids is 2. The standard InChI is InChI=1S/C42H46N4O5/c1-4-39-21-24(34(47)49-2)32-40(25-8-5-6-9-28(25)43-32)15-19-46(37(39)40)30(31-33(39)51-31)23-10-11-29-26(20-23)41-16-18-45-17-7-12-38(36(41)45)13-14-42(41,44-29)27(22-38)35(48)50-3/h5-12,20,27,30-31,33,36-37,43-44H,4,13-19,21-22H2,1-3H3/t27-,30-,31+,33+,36+,37-,38-,39+,40+,41-,42+/m1/s1. The monoisotopic (exact) mass is 686 g/mol. The van der Waals surface area contributed by atoms with Crippen molar-refractivity contribution in [2.24, 2.45) is 16.7 Å². The number of carbonyl (C=O) groups is 2. The van der Waals surface area contributed by atoms with Gasteiger partial charge in [-0.3, -0.25) is 14.6 Å². The van der Waals surface area contributed by atoms with Gasteiger partial charge in [0.25, 0.3) is 0 Å². The normalized spacial score (nSPS) is 45.4. The summed E-state index contributed by atoms with van der Waals surface area (Å²) in [5.74, 6) is -0.476. The fraction of sp³-hybridized carbons (Fsp3) is 0.571. The lowest BCUT2D eigenvalue weighted by molar-refractivity contribution is -0.162. The smallest absolute Gasteiger partial charge is 0.335 e. The van der Waals surface area contributed by atoms with Crippen molar-refractivity contribution >= 4 is 23.3 Å². The molecule has 9 heteroatoms. The van der Waals surface area contributed by atoms with Crippen LogP contribution in [0.15, 0.2) is 65.9 Å². The minimum Gasteiger partial charge on any atom is -0.469 e. The molecule has 7 heterocycles. The number of benzene rings is 2. The molecular formula is C42H46N4O5. The predicted octanol–water partition coefficient (Wildman–Crippen LogP) is 5.19. The van der Waals surface area contributed by atoms with E-state index in [0.717, 1.165) is 75.1 Å². The summed E-state index contributed by atoms with van der Waals surface area (Å²) in [6, 6.07) is 16.6. The van der Waals surface area contributed by atoms with E-state index in [0.29, 0.717) is 12.5 Å². The average molecular weight is 687 g/mol. The largest absolute Gasteiger partial charge is 0.469 e. The van der Waals surface area contributed by atoms with E-state index < -0.39 is 0 Å². The number of nitrogens with zero attached hydrogens (tertiary/aromatic N) is 2. The molecule has 7 fully saturated rings. The molecule has 4 aliphatic carbocycles. The number of anilines is 2. The van der Waals surface area contributed by atoms with Crippen molar-refractivity contribution in [2.75, 3.05) is 44.5 Å². The zero-order valence-electron chi connectivity index (χ0n) is 29.7. The maximum Gasteiger partial charge on any atom is 0.335 e. The number of rotatable bonds is 4. The molecule has 51 heavy (non-hydrogen) atoms. The number of hydrogen-bond acceptors (Lipinski definition) is 9. The molecule has 2 bridgehead atoms. The highest BCUT2D eigenvalue weighted by atomic mass is 16.6. The number of esters is 2. The molecule has 2 N–H and O–H groups in total. The number of epoxide rings is 1. The van der Waals surface area contributed by atoms with Crippen molar-refractivity contribution in [3.05, 3.63) is 82.6 Å². The minimum atomic E-state index is -0.347. The van der Waals surface area contributed by atoms with Crippen LogP contribution in [0.1, 0.15) is 74.6 Å². The molecule has 0 amide bonds. The van der Waals surface area contributed by atoms with Gasteiger partial charge in [0, 0.05) is 58.5 Å². The third-order valence-electron chi connectivity index (χ3n) is 16.5. The quantitative estimate of drug-likeness (QED) is 0.256. The highest BCUT2D eigenvalue weighted by Gasteiger charge is 2.80. The van der Waals surface area contributed by atoms with Crippen molar-refractivity contribution < 1.29 is 23.8 Å². The maximum absolute atomic E-state index is 13.7. The summed E-state index contributed by atoms with van der Waals surface area (Å²) in [7, 11) is 3.07. The molecule has 4 spiro atoms. The van der Waals surface area contributed by atoms with Gasteiger partial charge in [0.15, 0.2) is 0 Å². The number of ether oxygens (including phenoxy) is 3. The van der Waals surface area contributed by atoms with E-state index in [1.165, 1.54) is 29.5 Å². The van der Waals surface area contributed by atoms with Crippen molar-refractivity contribution in [3.63, 3.8) is 0 Å². The number of methoxy groups -OCH3 is 2. The second-order valence-electron chi connectivity index (χ2n) is 17.5. The van der Waals surface area contributed by atoms with Gasteiger partial charge in [0.05, 0.1) is 48.8 Å². The van der Waals surface area contributed by atoms with Crippen LogP contribution >= 0.6 is 0 Å². The topological polar surface area (TPSA) is 95.7 Å². The zero-order valence-corrected chi connectivity index (χ0v) is 29.7. The lowest BCUT2D eigenvalue weighted by Gasteiger charge is -2.67. The van der Waals surface area contributed by atoms with Gasteiger partial charge < -0.3 is 24.8 Å². The van der Waals surface area contributed by atoms with Gasteiger partial charge in [-0.25, -0.2) is 4.79 Å². The Balaban J connectivity index is 1.02. The summed E-state index contributed by atoms with van der Waals surface area (Å²) in [6.07, 6.45) is 11.5. The molecule has 11 atom stereocenters. The SMILES string of the molecule is CC[C@]12CC(C(=O)OC)=C3Nc4ccccc4[C@@]34CCN([C@H](c3ccc5c(c3)[C@@]36CCN7CC=C[C@]8(CC[C@]3(N5)[C@@H](C(=O)OC)C8)[C@H]76)[C@@H]3O[C@@H]31)[C@H]24. The Hall–Kier alpha value is -3.66. The Bertz CT molecular complexity index is 2050. The van der Waals surface area contributed by atoms with E-state index >= 15 is 0 Å². The highest BCUT2D eigenvalue weighted by Crippen LogP contribution is 2.75. The van der Waals surface area contributed by atoms with Crippen LogP contribution in [0.5, 0.6) is 0 Å². The number of nitrogens with one attached hydrogen (secondary N) is 2.